The summed E-state index contributed by atoms with van der Waals surface area (Å²) < 4.78 is 62.9. The fraction of sp³-hybridized carbons (Fsp3) is 0. The van der Waals surface area contributed by atoms with E-state index in [-0.39, 0.29) is 37.7 Å². The Labute approximate surface area is 98.4 Å². The maximum absolute atomic E-state index is 9.21. The number of nitrogens with two attached hydrogens (primary N) is 1. The summed E-state index contributed by atoms with van der Waals surface area (Å²) >= 11 is 0. The fourth-order valence-electron chi connectivity index (χ4n) is 0. The van der Waals surface area contributed by atoms with E-state index >= 15 is 0 Å². The summed E-state index contributed by atoms with van der Waals surface area (Å²) in [7, 11) is -9.55. The average molecular weight is 249 g/mol. The van der Waals surface area contributed by atoms with Gasteiger partial charge in [-0.05, 0) is 0 Å². The first kappa shape index (κ1) is 18.7. The largest absolute Gasteiger partial charge is 2.00 e. The second-order valence-electron chi connectivity index (χ2n) is 0.932. The third-order valence-electron chi connectivity index (χ3n) is 0.122. The van der Waals surface area contributed by atoms with Gasteiger partial charge >= 0.3 is 48.1 Å². The Morgan fingerprint density at radius 2 is 1.25 bits per heavy atom. The van der Waals surface area contributed by atoms with Gasteiger partial charge < -0.3 is 9.11 Å². The minimum absolute atomic E-state index is 0. The molecule has 0 bridgehead atoms. The maximum atomic E-state index is 9.21. The molecule has 9 nitrogen and oxygen atoms in total. The second kappa shape index (κ2) is 7.37. The van der Waals surface area contributed by atoms with Gasteiger partial charge in [-0.3, -0.25) is 13.0 Å². The molecule has 0 heterocycles. The third-order valence-corrected chi connectivity index (χ3v) is 0.365. The van der Waals surface area contributed by atoms with Crippen LogP contribution in [0.5, 0.6) is 0 Å². The van der Waals surface area contributed by atoms with E-state index in [2.05, 4.69) is 10.2 Å². The maximum Gasteiger partial charge on any atom is 2.00 e. The first-order valence-electron chi connectivity index (χ1n) is 1.58. The van der Waals surface area contributed by atoms with Crippen LogP contribution < -0.4 is 5.90 Å². The van der Waals surface area contributed by atoms with E-state index in [0.717, 1.165) is 0 Å². The minimum atomic E-state index is -5.17. The van der Waals surface area contributed by atoms with Gasteiger partial charge in [0.1, 0.15) is 0 Å². The van der Waals surface area contributed by atoms with Crippen LogP contribution in [0.4, 0.5) is 0 Å². The molecular formula is H3CaNO8S2. The number of rotatable bonds is 1. The molecule has 70 valence electrons. The third kappa shape index (κ3) is 69.3. The van der Waals surface area contributed by atoms with Crippen LogP contribution in [0.15, 0.2) is 0 Å². The molecule has 12 heavy (non-hydrogen) atoms. The molecule has 0 aliphatic carbocycles. The van der Waals surface area contributed by atoms with Crippen molar-refractivity contribution in [1.82, 2.24) is 0 Å². The summed E-state index contributed by atoms with van der Waals surface area (Å²) in [4.78, 5) is 0. The topological polar surface area (TPSA) is 170 Å². The minimum Gasteiger partial charge on any atom is -0.759 e. The van der Waals surface area contributed by atoms with Crippen LogP contribution in [-0.2, 0) is 25.1 Å². The molecule has 0 saturated carbocycles. The normalized spacial score (nSPS) is 10.7. The summed E-state index contributed by atoms with van der Waals surface area (Å²) in [6, 6.07) is 0. The molecule has 0 amide bonds. The molecular weight excluding hydrogens is 246 g/mol. The van der Waals surface area contributed by atoms with Gasteiger partial charge in [0.05, 0.1) is 0 Å². The van der Waals surface area contributed by atoms with E-state index in [1.54, 1.807) is 0 Å². The Hall–Kier alpha value is 0.960. The smallest absolute Gasteiger partial charge is 0.759 e. The number of hydrogen-bond donors (Lipinski definition) is 2. The van der Waals surface area contributed by atoms with E-state index in [1.165, 1.54) is 0 Å². The summed E-state index contributed by atoms with van der Waals surface area (Å²) in [6.07, 6.45) is 0. The van der Waals surface area contributed by atoms with Crippen LogP contribution in [0, 0.1) is 0 Å². The van der Waals surface area contributed by atoms with Crippen LogP contribution >= 0.6 is 0 Å². The van der Waals surface area contributed by atoms with E-state index < -0.39 is 20.8 Å². The van der Waals surface area contributed by atoms with Crippen molar-refractivity contribution < 1.29 is 34.8 Å². The van der Waals surface area contributed by atoms with E-state index in [0.29, 0.717) is 0 Å². The molecule has 3 N–H and O–H groups in total. The summed E-state index contributed by atoms with van der Waals surface area (Å²) in [6.45, 7) is 0. The van der Waals surface area contributed by atoms with E-state index in [4.69, 9.17) is 22.1 Å². The van der Waals surface area contributed by atoms with E-state index in [1.807, 2.05) is 0 Å². The summed E-state index contributed by atoms with van der Waals surface area (Å²) in [5.74, 6) is 3.97. The van der Waals surface area contributed by atoms with Gasteiger partial charge in [0, 0.05) is 10.4 Å². The van der Waals surface area contributed by atoms with Gasteiger partial charge in [-0.15, -0.1) is 0 Å². The second-order valence-corrected chi connectivity index (χ2v) is 2.80. The van der Waals surface area contributed by atoms with Gasteiger partial charge in [-0.1, -0.05) is 0 Å². The molecule has 0 aliphatic heterocycles. The van der Waals surface area contributed by atoms with Gasteiger partial charge in [0.2, 0.25) is 0 Å². The molecule has 0 atom stereocenters. The van der Waals surface area contributed by atoms with E-state index in [9.17, 15) is 8.42 Å². The van der Waals surface area contributed by atoms with Crippen molar-refractivity contribution in [3.05, 3.63) is 0 Å². The molecule has 0 aromatic rings. The molecule has 0 aromatic carbocycles. The molecule has 0 radical (unpaired) electrons. The van der Waals surface area contributed by atoms with Crippen molar-refractivity contribution in [3.8, 4) is 0 Å². The first-order valence-corrected chi connectivity index (χ1v) is 4.28. The van der Waals surface area contributed by atoms with Crippen molar-refractivity contribution in [2.45, 2.75) is 0 Å². The van der Waals surface area contributed by atoms with Gasteiger partial charge in [0.25, 0.3) is 0 Å². The molecule has 0 spiro atoms. The average Bonchev–Trinajstić information content (AvgIpc) is 1.59. The molecule has 0 rings (SSSR count). The predicted molar refractivity (Wildman–Crippen MR) is 33.0 cm³/mol. The fourth-order valence-corrected chi connectivity index (χ4v) is 0. The zero-order valence-electron chi connectivity index (χ0n) is 5.41. The Balaban J connectivity index is -0.000000126. The molecule has 0 fully saturated rings. The quantitative estimate of drug-likeness (QED) is 0.212. The standard InChI is InChI=1S/Ca.H3NO4S.H2O4S/c;1-5-6(2,3)4;1-5(2,3)4/h;1H2,(H,2,3,4);(H2,1,2,3,4)/q+2;;/p-2. The SMILES string of the molecule is NOS(=O)(=O)O.O=S(=O)([O-])[O-].[Ca+2]. The Morgan fingerprint density at radius 1 is 1.17 bits per heavy atom. The predicted octanol–water partition coefficient (Wildman–Crippen LogP) is -3.04. The first-order chi connectivity index (χ1) is 4.56. The Morgan fingerprint density at radius 3 is 1.25 bits per heavy atom. The zero-order chi connectivity index (χ0) is 9.71. The van der Waals surface area contributed by atoms with Gasteiger partial charge in [0.15, 0.2) is 0 Å². The Kier molecular flexibility index (Phi) is 11.5. The summed E-state index contributed by atoms with van der Waals surface area (Å²) in [5.41, 5.74) is 0. The monoisotopic (exact) mass is 249 g/mol. The summed E-state index contributed by atoms with van der Waals surface area (Å²) in [5, 5.41) is 0. The van der Waals surface area contributed by atoms with Crippen LogP contribution in [0.25, 0.3) is 0 Å². The van der Waals surface area contributed by atoms with Crippen molar-refractivity contribution in [1.29, 1.82) is 0 Å². The van der Waals surface area contributed by atoms with Crippen molar-refractivity contribution in [3.63, 3.8) is 0 Å². The molecule has 12 heteroatoms. The van der Waals surface area contributed by atoms with Crippen molar-refractivity contribution in [2.75, 3.05) is 0 Å². The van der Waals surface area contributed by atoms with Crippen LogP contribution in [-0.4, -0.2) is 68.2 Å². The van der Waals surface area contributed by atoms with Crippen molar-refractivity contribution >= 4 is 58.5 Å². The van der Waals surface area contributed by atoms with Crippen LogP contribution in [0.3, 0.4) is 0 Å². The van der Waals surface area contributed by atoms with Gasteiger partial charge in [-0.25, -0.2) is 0 Å². The van der Waals surface area contributed by atoms with Crippen LogP contribution in [0.2, 0.25) is 0 Å². The zero-order valence-corrected chi connectivity index (χ0v) is 9.25. The van der Waals surface area contributed by atoms with Crippen molar-refractivity contribution in [2.24, 2.45) is 5.90 Å². The molecule has 0 aliphatic rings. The Bertz CT molecular complexity index is 264. The molecule has 0 saturated heterocycles. The molecule has 0 unspecified atom stereocenters. The van der Waals surface area contributed by atoms with Crippen LogP contribution in [0.1, 0.15) is 0 Å². The molecule has 0 aromatic heterocycles. The van der Waals surface area contributed by atoms with Gasteiger partial charge in [-0.2, -0.15) is 18.6 Å². The number of hydrogen-bond acceptors (Lipinski definition) is 8.